The van der Waals surface area contributed by atoms with Crippen LogP contribution in [-0.4, -0.2) is 55.6 Å². The van der Waals surface area contributed by atoms with Crippen LogP contribution in [0.3, 0.4) is 0 Å². The van der Waals surface area contributed by atoms with Crippen molar-refractivity contribution >= 4 is 5.91 Å². The van der Waals surface area contributed by atoms with Crippen LogP contribution in [0.25, 0.3) is 0 Å². The fraction of sp³-hybridized carbons (Fsp3) is 0.632. The Morgan fingerprint density at radius 3 is 2.33 bits per heavy atom. The summed E-state index contributed by atoms with van der Waals surface area (Å²) in [4.78, 5) is 14.9. The molecule has 1 saturated heterocycles. The van der Waals surface area contributed by atoms with Crippen LogP contribution in [-0.2, 0) is 4.74 Å². The molecule has 0 radical (unpaired) electrons. The van der Waals surface area contributed by atoms with Crippen LogP contribution in [0.4, 0.5) is 13.2 Å². The van der Waals surface area contributed by atoms with E-state index in [-0.39, 0.29) is 17.2 Å². The predicted octanol–water partition coefficient (Wildman–Crippen LogP) is 3.35. The molecular weight excluding hydrogens is 361 g/mol. The van der Waals surface area contributed by atoms with E-state index >= 15 is 0 Å². The number of benzene rings is 1. The lowest BCUT2D eigenvalue weighted by molar-refractivity contribution is -0.274. The third-order valence-electron chi connectivity index (χ3n) is 5.39. The van der Waals surface area contributed by atoms with Gasteiger partial charge in [-0.15, -0.1) is 13.2 Å². The van der Waals surface area contributed by atoms with Gasteiger partial charge in [0.2, 0.25) is 0 Å². The molecule has 1 saturated carbocycles. The van der Waals surface area contributed by atoms with Crippen molar-refractivity contribution in [2.75, 3.05) is 32.8 Å². The third kappa shape index (κ3) is 5.35. The molecule has 1 N–H and O–H groups in total. The van der Waals surface area contributed by atoms with Crippen molar-refractivity contribution < 1.29 is 27.4 Å². The number of nitrogens with zero attached hydrogens (tertiary/aromatic N) is 1. The minimum Gasteiger partial charge on any atom is -0.406 e. The van der Waals surface area contributed by atoms with E-state index in [1.165, 1.54) is 18.6 Å². The summed E-state index contributed by atoms with van der Waals surface area (Å²) in [6, 6.07) is 5.00. The first-order valence-corrected chi connectivity index (χ1v) is 9.35. The molecule has 2 fully saturated rings. The van der Waals surface area contributed by atoms with Gasteiger partial charge in [0, 0.05) is 30.7 Å². The fourth-order valence-electron chi connectivity index (χ4n) is 4.01. The molecule has 1 amide bonds. The number of hydrogen-bond acceptors (Lipinski definition) is 4. The van der Waals surface area contributed by atoms with E-state index in [4.69, 9.17) is 4.74 Å². The number of morpholine rings is 1. The third-order valence-corrected chi connectivity index (χ3v) is 5.39. The van der Waals surface area contributed by atoms with Crippen molar-refractivity contribution in [3.63, 3.8) is 0 Å². The van der Waals surface area contributed by atoms with Crippen LogP contribution in [0.15, 0.2) is 24.3 Å². The maximum absolute atomic E-state index is 12.5. The Kier molecular flexibility index (Phi) is 6.26. The van der Waals surface area contributed by atoms with E-state index in [1.807, 2.05) is 0 Å². The molecule has 5 nitrogen and oxygen atoms in total. The summed E-state index contributed by atoms with van der Waals surface area (Å²) in [6.45, 7) is 3.66. The Morgan fingerprint density at radius 1 is 1.11 bits per heavy atom. The number of ether oxygens (including phenoxy) is 2. The Bertz CT molecular complexity index is 622. The molecule has 1 aliphatic carbocycles. The molecule has 0 atom stereocenters. The van der Waals surface area contributed by atoms with E-state index in [9.17, 15) is 18.0 Å². The average molecular weight is 386 g/mol. The summed E-state index contributed by atoms with van der Waals surface area (Å²) in [6.07, 6.45) is 0.806. The van der Waals surface area contributed by atoms with Gasteiger partial charge in [-0.3, -0.25) is 9.69 Å². The Hall–Kier alpha value is -1.80. The summed E-state index contributed by atoms with van der Waals surface area (Å²) >= 11 is 0. The fourth-order valence-corrected chi connectivity index (χ4v) is 4.01. The summed E-state index contributed by atoms with van der Waals surface area (Å²) in [5.74, 6) is -0.622. The van der Waals surface area contributed by atoms with E-state index in [2.05, 4.69) is 15.0 Å². The number of rotatable bonds is 5. The number of carbonyl (C=O) groups excluding carboxylic acids is 1. The van der Waals surface area contributed by atoms with Crippen LogP contribution < -0.4 is 10.1 Å². The molecule has 1 aromatic carbocycles. The molecule has 27 heavy (non-hydrogen) atoms. The predicted molar refractivity (Wildman–Crippen MR) is 93.7 cm³/mol. The zero-order valence-corrected chi connectivity index (χ0v) is 15.2. The summed E-state index contributed by atoms with van der Waals surface area (Å²) in [5, 5.41) is 2.99. The summed E-state index contributed by atoms with van der Waals surface area (Å²) in [7, 11) is 0. The second kappa shape index (κ2) is 8.48. The van der Waals surface area contributed by atoms with Gasteiger partial charge in [0.05, 0.1) is 13.2 Å². The highest BCUT2D eigenvalue weighted by Crippen LogP contribution is 2.34. The lowest BCUT2D eigenvalue weighted by atomic mass is 9.79. The van der Waals surface area contributed by atoms with E-state index < -0.39 is 6.36 Å². The van der Waals surface area contributed by atoms with Crippen LogP contribution in [0.1, 0.15) is 42.5 Å². The molecular formula is C19H25F3N2O3. The SMILES string of the molecule is O=C(NCC1(N2CCOCC2)CCCCC1)c1ccc(OC(F)(F)F)cc1. The lowest BCUT2D eigenvalue weighted by Crippen LogP contribution is -2.59. The van der Waals surface area contributed by atoms with E-state index in [0.717, 1.165) is 50.9 Å². The standard InChI is InChI=1S/C19H25F3N2O3/c20-19(21,22)27-16-6-4-15(5-7-16)17(25)23-14-18(8-2-1-3-9-18)24-10-12-26-13-11-24/h4-7H,1-3,8-14H2,(H,23,25). The van der Waals surface area contributed by atoms with Gasteiger partial charge in [0.1, 0.15) is 5.75 Å². The zero-order valence-electron chi connectivity index (χ0n) is 15.2. The molecule has 3 rings (SSSR count). The molecule has 1 heterocycles. The van der Waals surface area contributed by atoms with Crippen LogP contribution in [0.2, 0.25) is 0 Å². The molecule has 0 aromatic heterocycles. The lowest BCUT2D eigenvalue weighted by Gasteiger charge is -2.48. The number of alkyl halides is 3. The molecule has 150 valence electrons. The average Bonchev–Trinajstić information content (AvgIpc) is 2.67. The molecule has 0 spiro atoms. The first-order valence-electron chi connectivity index (χ1n) is 9.35. The Morgan fingerprint density at radius 2 is 1.74 bits per heavy atom. The van der Waals surface area contributed by atoms with Crippen LogP contribution in [0.5, 0.6) is 5.75 Å². The highest BCUT2D eigenvalue weighted by molar-refractivity contribution is 5.94. The Balaban J connectivity index is 1.62. The molecule has 1 aromatic rings. The van der Waals surface area contributed by atoms with E-state index in [0.29, 0.717) is 25.3 Å². The van der Waals surface area contributed by atoms with Gasteiger partial charge >= 0.3 is 6.36 Å². The highest BCUT2D eigenvalue weighted by atomic mass is 19.4. The van der Waals surface area contributed by atoms with Gasteiger partial charge in [-0.25, -0.2) is 0 Å². The van der Waals surface area contributed by atoms with Crippen molar-refractivity contribution in [2.45, 2.75) is 44.0 Å². The number of nitrogens with one attached hydrogen (secondary N) is 1. The van der Waals surface area contributed by atoms with Gasteiger partial charge < -0.3 is 14.8 Å². The molecule has 1 aliphatic heterocycles. The monoisotopic (exact) mass is 386 g/mol. The van der Waals surface area contributed by atoms with Gasteiger partial charge in [-0.05, 0) is 37.1 Å². The topological polar surface area (TPSA) is 50.8 Å². The second-order valence-electron chi connectivity index (χ2n) is 7.14. The normalized spacial score (nSPS) is 20.9. The molecule has 2 aliphatic rings. The number of halogens is 3. The quantitative estimate of drug-likeness (QED) is 0.843. The molecule has 0 bridgehead atoms. The zero-order chi connectivity index (χ0) is 19.3. The largest absolute Gasteiger partial charge is 0.573 e. The summed E-state index contributed by atoms with van der Waals surface area (Å²) in [5.41, 5.74) is 0.259. The van der Waals surface area contributed by atoms with E-state index in [1.54, 1.807) is 0 Å². The van der Waals surface area contributed by atoms with Crippen molar-refractivity contribution in [2.24, 2.45) is 0 Å². The smallest absolute Gasteiger partial charge is 0.406 e. The highest BCUT2D eigenvalue weighted by Gasteiger charge is 2.39. The van der Waals surface area contributed by atoms with Crippen molar-refractivity contribution in [3.05, 3.63) is 29.8 Å². The number of amides is 1. The minimum atomic E-state index is -4.74. The van der Waals surface area contributed by atoms with Gasteiger partial charge in [-0.1, -0.05) is 19.3 Å². The van der Waals surface area contributed by atoms with Crippen molar-refractivity contribution in [1.82, 2.24) is 10.2 Å². The molecule has 8 heteroatoms. The van der Waals surface area contributed by atoms with Gasteiger partial charge in [0.25, 0.3) is 5.91 Å². The molecule has 0 unspecified atom stereocenters. The number of carbonyl (C=O) groups is 1. The maximum Gasteiger partial charge on any atom is 0.573 e. The second-order valence-corrected chi connectivity index (χ2v) is 7.14. The van der Waals surface area contributed by atoms with Crippen molar-refractivity contribution in [3.8, 4) is 5.75 Å². The maximum atomic E-state index is 12.5. The minimum absolute atomic E-state index is 0.0585. The first-order chi connectivity index (χ1) is 12.9. The Labute approximate surface area is 156 Å². The number of hydrogen-bond donors (Lipinski definition) is 1. The van der Waals surface area contributed by atoms with Gasteiger partial charge in [0.15, 0.2) is 0 Å². The van der Waals surface area contributed by atoms with Crippen LogP contribution in [0, 0.1) is 0 Å². The first kappa shape index (κ1) is 19.9. The van der Waals surface area contributed by atoms with Crippen LogP contribution >= 0.6 is 0 Å². The van der Waals surface area contributed by atoms with Gasteiger partial charge in [-0.2, -0.15) is 0 Å². The van der Waals surface area contributed by atoms with Crippen molar-refractivity contribution in [1.29, 1.82) is 0 Å². The summed E-state index contributed by atoms with van der Waals surface area (Å²) < 4.78 is 46.0.